The van der Waals surface area contributed by atoms with E-state index in [0.717, 1.165) is 12.8 Å². The van der Waals surface area contributed by atoms with Crippen LogP contribution in [0.5, 0.6) is 17.2 Å². The van der Waals surface area contributed by atoms with Gasteiger partial charge in [0.15, 0.2) is 4.90 Å². The highest BCUT2D eigenvalue weighted by molar-refractivity contribution is 7.89. The minimum absolute atomic E-state index is 0.0203. The van der Waals surface area contributed by atoms with Crippen molar-refractivity contribution in [2.75, 3.05) is 34.9 Å². The Morgan fingerprint density at radius 2 is 1.57 bits per heavy atom. The van der Waals surface area contributed by atoms with E-state index in [0.29, 0.717) is 12.3 Å². The van der Waals surface area contributed by atoms with E-state index in [2.05, 4.69) is 0 Å². The van der Waals surface area contributed by atoms with Crippen molar-refractivity contribution in [1.82, 2.24) is 4.31 Å². The summed E-state index contributed by atoms with van der Waals surface area (Å²) in [6.45, 7) is 2.45. The Morgan fingerprint density at radius 1 is 1.05 bits per heavy atom. The van der Waals surface area contributed by atoms with Crippen LogP contribution in [-0.2, 0) is 10.0 Å². The van der Waals surface area contributed by atoms with Crippen molar-refractivity contribution >= 4 is 10.0 Å². The van der Waals surface area contributed by atoms with Crippen molar-refractivity contribution in [2.24, 2.45) is 0 Å². The number of hydrogen-bond acceptors (Lipinski definition) is 5. The summed E-state index contributed by atoms with van der Waals surface area (Å²) >= 11 is 0. The molecular weight excluding hydrogens is 294 g/mol. The molecule has 0 amide bonds. The van der Waals surface area contributed by atoms with Crippen LogP contribution in [0.15, 0.2) is 17.0 Å². The van der Waals surface area contributed by atoms with Gasteiger partial charge in [0, 0.05) is 25.7 Å². The number of benzene rings is 1. The molecule has 1 rings (SSSR count). The average molecular weight is 317 g/mol. The molecule has 0 spiro atoms. The molecule has 0 N–H and O–H groups in total. The molecule has 7 heteroatoms. The van der Waals surface area contributed by atoms with E-state index >= 15 is 0 Å². The molecule has 0 atom stereocenters. The third-order valence-electron chi connectivity index (χ3n) is 3.16. The molecule has 0 aliphatic rings. The lowest BCUT2D eigenvalue weighted by Gasteiger charge is -2.21. The van der Waals surface area contributed by atoms with E-state index in [1.54, 1.807) is 7.05 Å². The molecule has 0 saturated carbocycles. The van der Waals surface area contributed by atoms with Crippen molar-refractivity contribution in [3.63, 3.8) is 0 Å². The van der Waals surface area contributed by atoms with E-state index in [-0.39, 0.29) is 16.4 Å². The first-order valence-corrected chi connectivity index (χ1v) is 8.12. The summed E-state index contributed by atoms with van der Waals surface area (Å²) < 4.78 is 42.3. The standard InChI is InChI=1S/C14H23NO5S/c1-6-7-8-15(2)21(16,17)14-12(19-4)9-11(18-3)10-13(14)20-5/h9-10H,6-8H2,1-5H3. The quantitative estimate of drug-likeness (QED) is 0.735. The third kappa shape index (κ3) is 3.79. The topological polar surface area (TPSA) is 65.1 Å². The fraction of sp³-hybridized carbons (Fsp3) is 0.571. The molecule has 120 valence electrons. The van der Waals surface area contributed by atoms with Gasteiger partial charge >= 0.3 is 0 Å². The first-order valence-electron chi connectivity index (χ1n) is 6.68. The van der Waals surface area contributed by atoms with E-state index < -0.39 is 10.0 Å². The first kappa shape index (κ1) is 17.6. The molecule has 0 fully saturated rings. The highest BCUT2D eigenvalue weighted by Crippen LogP contribution is 2.38. The summed E-state index contributed by atoms with van der Waals surface area (Å²) in [6.07, 6.45) is 1.70. The van der Waals surface area contributed by atoms with Gasteiger partial charge in [-0.2, -0.15) is 0 Å². The number of ether oxygens (including phenoxy) is 3. The van der Waals surface area contributed by atoms with Crippen LogP contribution in [0.4, 0.5) is 0 Å². The Bertz CT molecular complexity index is 546. The van der Waals surface area contributed by atoms with Gasteiger partial charge in [-0.15, -0.1) is 0 Å². The second kappa shape index (κ2) is 7.51. The largest absolute Gasteiger partial charge is 0.496 e. The van der Waals surface area contributed by atoms with Gasteiger partial charge in [-0.05, 0) is 6.42 Å². The summed E-state index contributed by atoms with van der Waals surface area (Å²) in [4.78, 5) is 0.0203. The highest BCUT2D eigenvalue weighted by atomic mass is 32.2. The first-order chi connectivity index (χ1) is 9.92. The Labute approximate surface area is 126 Å². The summed E-state index contributed by atoms with van der Waals surface area (Å²) in [5.41, 5.74) is 0. The number of unbranched alkanes of at least 4 members (excludes halogenated alkanes) is 1. The Morgan fingerprint density at radius 3 is 1.95 bits per heavy atom. The van der Waals surface area contributed by atoms with Crippen LogP contribution in [0.1, 0.15) is 19.8 Å². The zero-order chi connectivity index (χ0) is 16.0. The van der Waals surface area contributed by atoms with Gasteiger partial charge in [0.2, 0.25) is 10.0 Å². The van der Waals surface area contributed by atoms with Gasteiger partial charge in [0.05, 0.1) is 21.3 Å². The molecule has 21 heavy (non-hydrogen) atoms. The molecule has 1 aromatic rings. The smallest absolute Gasteiger partial charge is 0.250 e. The lowest BCUT2D eigenvalue weighted by atomic mass is 10.3. The van der Waals surface area contributed by atoms with Crippen molar-refractivity contribution in [3.05, 3.63) is 12.1 Å². The monoisotopic (exact) mass is 317 g/mol. The van der Waals surface area contributed by atoms with Crippen LogP contribution in [0.3, 0.4) is 0 Å². The molecule has 0 heterocycles. The summed E-state index contributed by atoms with van der Waals surface area (Å²) in [5.74, 6) is 0.878. The SMILES string of the molecule is CCCCN(C)S(=O)(=O)c1c(OC)cc(OC)cc1OC. The molecule has 0 radical (unpaired) electrons. The summed E-state index contributed by atoms with van der Waals surface area (Å²) in [5, 5.41) is 0. The van der Waals surface area contributed by atoms with Crippen LogP contribution < -0.4 is 14.2 Å². The van der Waals surface area contributed by atoms with E-state index in [4.69, 9.17) is 14.2 Å². The minimum Gasteiger partial charge on any atom is -0.496 e. The van der Waals surface area contributed by atoms with E-state index in [1.807, 2.05) is 6.92 Å². The van der Waals surface area contributed by atoms with Crippen molar-refractivity contribution in [2.45, 2.75) is 24.7 Å². The van der Waals surface area contributed by atoms with Gasteiger partial charge in [-0.3, -0.25) is 0 Å². The second-order valence-corrected chi connectivity index (χ2v) is 6.52. The predicted molar refractivity (Wildman–Crippen MR) is 80.8 cm³/mol. The van der Waals surface area contributed by atoms with Gasteiger partial charge in [-0.25, -0.2) is 12.7 Å². The maximum Gasteiger partial charge on any atom is 0.250 e. The second-order valence-electron chi connectivity index (χ2n) is 4.54. The molecule has 0 aromatic heterocycles. The predicted octanol–water partition coefficient (Wildman–Crippen LogP) is 2.13. The fourth-order valence-corrected chi connectivity index (χ4v) is 3.36. The Balaban J connectivity index is 3.39. The van der Waals surface area contributed by atoms with Crippen molar-refractivity contribution in [1.29, 1.82) is 0 Å². The zero-order valence-electron chi connectivity index (χ0n) is 13.2. The maximum atomic E-state index is 12.7. The average Bonchev–Trinajstić information content (AvgIpc) is 2.50. The molecule has 6 nitrogen and oxygen atoms in total. The number of hydrogen-bond donors (Lipinski definition) is 0. The van der Waals surface area contributed by atoms with Gasteiger partial charge in [-0.1, -0.05) is 13.3 Å². The minimum atomic E-state index is -3.69. The zero-order valence-corrected chi connectivity index (χ0v) is 14.0. The molecule has 0 aliphatic heterocycles. The van der Waals surface area contributed by atoms with Gasteiger partial charge in [0.25, 0.3) is 0 Å². The highest BCUT2D eigenvalue weighted by Gasteiger charge is 2.29. The molecule has 0 unspecified atom stereocenters. The number of nitrogens with zero attached hydrogens (tertiary/aromatic N) is 1. The van der Waals surface area contributed by atoms with E-state index in [1.165, 1.54) is 37.8 Å². The van der Waals surface area contributed by atoms with Crippen LogP contribution in [0, 0.1) is 0 Å². The van der Waals surface area contributed by atoms with Crippen molar-refractivity contribution < 1.29 is 22.6 Å². The number of methoxy groups -OCH3 is 3. The normalized spacial score (nSPS) is 11.5. The third-order valence-corrected chi connectivity index (χ3v) is 5.09. The van der Waals surface area contributed by atoms with E-state index in [9.17, 15) is 8.42 Å². The summed E-state index contributed by atoms with van der Waals surface area (Å²) in [6, 6.07) is 3.06. The van der Waals surface area contributed by atoms with Crippen LogP contribution in [-0.4, -0.2) is 47.6 Å². The maximum absolute atomic E-state index is 12.7. The molecule has 0 saturated heterocycles. The van der Waals surface area contributed by atoms with Crippen LogP contribution in [0.25, 0.3) is 0 Å². The lowest BCUT2D eigenvalue weighted by Crippen LogP contribution is -2.28. The molecule has 0 bridgehead atoms. The Kier molecular flexibility index (Phi) is 6.29. The number of rotatable bonds is 8. The lowest BCUT2D eigenvalue weighted by molar-refractivity contribution is 0.355. The molecule has 0 aliphatic carbocycles. The van der Waals surface area contributed by atoms with Crippen molar-refractivity contribution in [3.8, 4) is 17.2 Å². The number of sulfonamides is 1. The van der Waals surface area contributed by atoms with Crippen LogP contribution in [0.2, 0.25) is 0 Å². The molecular formula is C14H23NO5S. The summed E-state index contributed by atoms with van der Waals surface area (Å²) in [7, 11) is 2.18. The van der Waals surface area contributed by atoms with Gasteiger partial charge < -0.3 is 14.2 Å². The van der Waals surface area contributed by atoms with Crippen LogP contribution >= 0.6 is 0 Å². The Hall–Kier alpha value is -1.47. The molecule has 1 aromatic carbocycles. The fourth-order valence-electron chi connectivity index (χ4n) is 1.88. The van der Waals surface area contributed by atoms with Gasteiger partial charge in [0.1, 0.15) is 17.2 Å².